The van der Waals surface area contributed by atoms with Crippen molar-refractivity contribution in [2.45, 2.75) is 32.2 Å². The van der Waals surface area contributed by atoms with Crippen molar-refractivity contribution >= 4 is 29.0 Å². The van der Waals surface area contributed by atoms with Crippen molar-refractivity contribution in [1.82, 2.24) is 4.98 Å². The third kappa shape index (κ3) is 6.80. The molecule has 0 saturated heterocycles. The van der Waals surface area contributed by atoms with E-state index in [-0.39, 0.29) is 36.9 Å². The lowest BCUT2D eigenvalue weighted by Crippen LogP contribution is -2.08. The molecule has 0 amide bonds. The summed E-state index contributed by atoms with van der Waals surface area (Å²) >= 11 is 6.32. The normalized spacial score (nSPS) is 11.6. The molecular weight excluding hydrogens is 491 g/mol. The van der Waals surface area contributed by atoms with E-state index >= 15 is 0 Å². The Hall–Kier alpha value is -4.03. The zero-order valence-corrected chi connectivity index (χ0v) is 21.0. The number of anilines is 1. The van der Waals surface area contributed by atoms with Gasteiger partial charge >= 0.3 is 5.97 Å². The number of carbonyl (C=O) groups excluding carboxylic acids is 1. The highest BCUT2D eigenvalue weighted by molar-refractivity contribution is 6.30. The molecule has 4 aromatic rings. The van der Waals surface area contributed by atoms with E-state index in [0.717, 1.165) is 33.5 Å². The Labute approximate surface area is 220 Å². The van der Waals surface area contributed by atoms with Gasteiger partial charge in [-0.25, -0.2) is 4.39 Å². The predicted octanol–water partition coefficient (Wildman–Crippen LogP) is 7.82. The van der Waals surface area contributed by atoms with Crippen LogP contribution in [0.2, 0.25) is 5.02 Å². The van der Waals surface area contributed by atoms with Crippen LogP contribution in [0.4, 0.5) is 10.1 Å². The number of hydrogen-bond acceptors (Lipinski definition) is 4. The quantitative estimate of drug-likeness (QED) is 0.210. The van der Waals surface area contributed by atoms with Crippen LogP contribution in [0.25, 0.3) is 22.3 Å². The van der Waals surface area contributed by atoms with Crippen LogP contribution in [0, 0.1) is 5.82 Å². The van der Waals surface area contributed by atoms with E-state index < -0.39 is 5.97 Å². The van der Waals surface area contributed by atoms with E-state index in [1.165, 1.54) is 12.1 Å². The Morgan fingerprint density at radius 3 is 2.19 bits per heavy atom. The summed E-state index contributed by atoms with van der Waals surface area (Å²) in [4.78, 5) is 27.3. The highest BCUT2D eigenvalue weighted by Crippen LogP contribution is 2.33. The van der Waals surface area contributed by atoms with Gasteiger partial charge in [-0.3, -0.25) is 14.6 Å². The summed E-state index contributed by atoms with van der Waals surface area (Å²) in [6, 6.07) is 23.4. The molecule has 37 heavy (non-hydrogen) atoms. The van der Waals surface area contributed by atoms with Crippen LogP contribution in [0.1, 0.15) is 48.3 Å². The summed E-state index contributed by atoms with van der Waals surface area (Å²) in [5, 5.41) is 12.9. The van der Waals surface area contributed by atoms with E-state index in [4.69, 9.17) is 16.7 Å². The maximum absolute atomic E-state index is 13.2. The summed E-state index contributed by atoms with van der Waals surface area (Å²) in [5.74, 6) is -1.36. The summed E-state index contributed by atoms with van der Waals surface area (Å²) in [7, 11) is 0. The van der Waals surface area contributed by atoms with Gasteiger partial charge < -0.3 is 10.4 Å². The smallest absolute Gasteiger partial charge is 0.303 e. The maximum Gasteiger partial charge on any atom is 0.303 e. The van der Waals surface area contributed by atoms with E-state index in [1.807, 2.05) is 55.5 Å². The fourth-order valence-corrected chi connectivity index (χ4v) is 4.30. The molecule has 3 aromatic carbocycles. The zero-order chi connectivity index (χ0) is 26.4. The van der Waals surface area contributed by atoms with Gasteiger partial charge in [0.2, 0.25) is 0 Å². The molecule has 5 nitrogen and oxygen atoms in total. The minimum absolute atomic E-state index is 0.0461. The average Bonchev–Trinajstić information content (AvgIpc) is 2.89. The van der Waals surface area contributed by atoms with Crippen molar-refractivity contribution < 1.29 is 19.1 Å². The van der Waals surface area contributed by atoms with Crippen LogP contribution in [-0.4, -0.2) is 21.8 Å². The predicted molar refractivity (Wildman–Crippen MR) is 144 cm³/mol. The number of carboxylic acid groups (broad SMARTS) is 1. The number of aliphatic carboxylic acids is 1. The third-order valence-electron chi connectivity index (χ3n) is 6.08. The second-order valence-electron chi connectivity index (χ2n) is 8.78. The number of nitrogens with one attached hydrogen (secondary N) is 1. The van der Waals surface area contributed by atoms with Crippen molar-refractivity contribution in [3.8, 4) is 22.3 Å². The molecular formula is C30H26ClFN2O3. The van der Waals surface area contributed by atoms with Crippen LogP contribution in [0.15, 0.2) is 85.1 Å². The van der Waals surface area contributed by atoms with E-state index in [9.17, 15) is 14.0 Å². The first-order valence-electron chi connectivity index (χ1n) is 11.9. The second-order valence-corrected chi connectivity index (χ2v) is 9.22. The number of hydrogen-bond donors (Lipinski definition) is 2. The highest BCUT2D eigenvalue weighted by Gasteiger charge is 2.15. The van der Waals surface area contributed by atoms with Crippen molar-refractivity contribution in [2.24, 2.45) is 0 Å². The summed E-state index contributed by atoms with van der Waals surface area (Å²) in [6.45, 7) is 2.05. The minimum Gasteiger partial charge on any atom is -0.481 e. The van der Waals surface area contributed by atoms with Gasteiger partial charge in [-0.2, -0.15) is 0 Å². The largest absolute Gasteiger partial charge is 0.481 e. The molecule has 0 saturated carbocycles. The average molecular weight is 517 g/mol. The topological polar surface area (TPSA) is 79.3 Å². The Bertz CT molecular complexity index is 1390. The number of nitrogens with zero attached hydrogens (tertiary/aromatic N) is 1. The number of Topliss-reactive ketones (excluding diaryl/α,β-unsaturated/α-hetero) is 1. The number of halogens is 2. The summed E-state index contributed by atoms with van der Waals surface area (Å²) < 4.78 is 13.2. The third-order valence-corrected chi connectivity index (χ3v) is 6.32. The molecule has 2 N–H and O–H groups in total. The second kappa shape index (κ2) is 11.8. The molecule has 7 heteroatoms. The molecule has 0 fully saturated rings. The lowest BCUT2D eigenvalue weighted by Gasteiger charge is -2.20. The number of carbonyl (C=O) groups is 2. The lowest BCUT2D eigenvalue weighted by atomic mass is 9.95. The first-order chi connectivity index (χ1) is 17.8. The molecule has 0 aliphatic carbocycles. The van der Waals surface area contributed by atoms with Gasteiger partial charge in [-0.15, -0.1) is 0 Å². The molecule has 0 aliphatic heterocycles. The molecule has 1 aromatic heterocycles. The molecule has 188 valence electrons. The van der Waals surface area contributed by atoms with E-state index in [2.05, 4.69) is 10.3 Å². The number of aromatic nitrogens is 1. The first kappa shape index (κ1) is 26.0. The van der Waals surface area contributed by atoms with Crippen molar-refractivity contribution in [3.63, 3.8) is 0 Å². The molecule has 4 rings (SSSR count). The monoisotopic (exact) mass is 516 g/mol. The van der Waals surface area contributed by atoms with Gasteiger partial charge in [0.1, 0.15) is 11.5 Å². The highest BCUT2D eigenvalue weighted by atomic mass is 35.5. The van der Waals surface area contributed by atoms with Crippen LogP contribution < -0.4 is 5.32 Å². The van der Waals surface area contributed by atoms with Crippen molar-refractivity contribution in [1.29, 1.82) is 0 Å². The Morgan fingerprint density at radius 1 is 0.919 bits per heavy atom. The number of benzene rings is 3. The van der Waals surface area contributed by atoms with Crippen LogP contribution in [0.3, 0.4) is 0 Å². The molecule has 0 bridgehead atoms. The minimum atomic E-state index is -0.920. The fraction of sp³-hybridized carbons (Fsp3) is 0.167. The van der Waals surface area contributed by atoms with Crippen LogP contribution >= 0.6 is 11.6 Å². The van der Waals surface area contributed by atoms with Gasteiger partial charge in [0, 0.05) is 41.4 Å². The lowest BCUT2D eigenvalue weighted by molar-refractivity contribution is -0.137. The maximum atomic E-state index is 13.2. The Balaban J connectivity index is 1.50. The standard InChI is InChI=1S/C30H26ClFN2O3/c1-19(34-25-13-7-21(8-14-25)20-5-11-24(32)12-6-20)26-15-10-23(31)17-27(26)22-9-16-28(33-18-22)29(35)3-2-4-30(36)37/h5-19,34H,2-4H2,1H3,(H,36,37). The number of ketones is 1. The van der Waals surface area contributed by atoms with Gasteiger partial charge in [0.05, 0.1) is 0 Å². The van der Waals surface area contributed by atoms with Crippen molar-refractivity contribution in [3.05, 3.63) is 107 Å². The van der Waals surface area contributed by atoms with E-state index in [1.54, 1.807) is 24.4 Å². The molecule has 0 radical (unpaired) electrons. The Kier molecular flexibility index (Phi) is 8.31. The number of pyridine rings is 1. The number of carboxylic acids is 1. The van der Waals surface area contributed by atoms with Gasteiger partial charge in [0.15, 0.2) is 5.78 Å². The zero-order valence-electron chi connectivity index (χ0n) is 20.2. The summed E-state index contributed by atoms with van der Waals surface area (Å²) in [6.07, 6.45) is 2.02. The van der Waals surface area contributed by atoms with Gasteiger partial charge in [-0.05, 0) is 78.1 Å². The molecule has 0 spiro atoms. The molecule has 1 atom stereocenters. The molecule has 1 heterocycles. The van der Waals surface area contributed by atoms with Crippen molar-refractivity contribution in [2.75, 3.05) is 5.32 Å². The Morgan fingerprint density at radius 2 is 1.57 bits per heavy atom. The van der Waals surface area contributed by atoms with Gasteiger partial charge in [0.25, 0.3) is 0 Å². The van der Waals surface area contributed by atoms with Crippen LogP contribution in [-0.2, 0) is 4.79 Å². The van der Waals surface area contributed by atoms with E-state index in [0.29, 0.717) is 10.7 Å². The SMILES string of the molecule is CC(Nc1ccc(-c2ccc(F)cc2)cc1)c1ccc(Cl)cc1-c1ccc(C(=O)CCCC(=O)O)nc1. The summed E-state index contributed by atoms with van der Waals surface area (Å²) in [5.41, 5.74) is 5.90. The number of rotatable bonds is 10. The first-order valence-corrected chi connectivity index (χ1v) is 12.3. The fourth-order valence-electron chi connectivity index (χ4n) is 4.13. The molecule has 0 aliphatic rings. The van der Waals surface area contributed by atoms with Crippen LogP contribution in [0.5, 0.6) is 0 Å². The molecule has 1 unspecified atom stereocenters. The van der Waals surface area contributed by atoms with Gasteiger partial charge in [-0.1, -0.05) is 48.0 Å².